The van der Waals surface area contributed by atoms with Crippen molar-refractivity contribution in [2.75, 3.05) is 31.1 Å². The molecule has 2 unspecified atom stereocenters. The van der Waals surface area contributed by atoms with E-state index in [0.29, 0.717) is 19.6 Å². The van der Waals surface area contributed by atoms with E-state index in [4.69, 9.17) is 5.73 Å². The Hall–Kier alpha value is -3.97. The van der Waals surface area contributed by atoms with E-state index in [0.717, 1.165) is 23.2 Å². The van der Waals surface area contributed by atoms with Gasteiger partial charge in [0, 0.05) is 37.8 Å². The third-order valence-corrected chi connectivity index (χ3v) is 7.47. The summed E-state index contributed by atoms with van der Waals surface area (Å²) < 4.78 is 0. The predicted octanol–water partition coefficient (Wildman–Crippen LogP) is 4.36. The summed E-state index contributed by atoms with van der Waals surface area (Å²) in [6.07, 6.45) is 0.969. The molecule has 0 radical (unpaired) electrons. The minimum Gasteiger partial charge on any atom is -0.368 e. The first-order valence-corrected chi connectivity index (χ1v) is 14.1. The van der Waals surface area contributed by atoms with E-state index in [9.17, 15) is 14.4 Å². The van der Waals surface area contributed by atoms with Crippen molar-refractivity contribution < 1.29 is 14.4 Å². The van der Waals surface area contributed by atoms with Crippen molar-refractivity contribution in [2.24, 2.45) is 11.7 Å². The van der Waals surface area contributed by atoms with Gasteiger partial charge in [-0.25, -0.2) is 0 Å². The molecule has 3 aromatic carbocycles. The van der Waals surface area contributed by atoms with Crippen LogP contribution in [0.15, 0.2) is 84.9 Å². The second-order valence-electron chi connectivity index (χ2n) is 11.0. The molecule has 3 amide bonds. The zero-order valence-corrected chi connectivity index (χ0v) is 23.7. The average Bonchev–Trinajstić information content (AvgIpc) is 2.95. The van der Waals surface area contributed by atoms with Gasteiger partial charge in [0.1, 0.15) is 0 Å². The number of nitrogens with two attached hydrogens (primary N) is 1. The number of carbonyl (C=O) groups is 3. The summed E-state index contributed by atoms with van der Waals surface area (Å²) in [5.41, 5.74) is 9.66. The Labute approximate surface area is 237 Å². The fourth-order valence-electron chi connectivity index (χ4n) is 5.46. The summed E-state index contributed by atoms with van der Waals surface area (Å²) in [6.45, 7) is 7.33. The summed E-state index contributed by atoms with van der Waals surface area (Å²) in [7, 11) is 0. The topological polar surface area (TPSA) is 87.0 Å². The van der Waals surface area contributed by atoms with Crippen molar-refractivity contribution in [1.29, 1.82) is 0 Å². The molecule has 0 saturated carbocycles. The lowest BCUT2D eigenvalue weighted by Crippen LogP contribution is -2.62. The molecule has 1 aliphatic heterocycles. The van der Waals surface area contributed by atoms with Gasteiger partial charge in [0.05, 0.1) is 12.6 Å². The Bertz CT molecular complexity index is 1280. The molecule has 1 aliphatic rings. The summed E-state index contributed by atoms with van der Waals surface area (Å²) in [5.74, 6) is -0.435. The number of benzene rings is 3. The molecule has 7 heteroatoms. The molecule has 210 valence electrons. The van der Waals surface area contributed by atoms with E-state index < -0.39 is 11.9 Å². The van der Waals surface area contributed by atoms with E-state index in [2.05, 4.69) is 29.2 Å². The number of hydrogen-bond donors (Lipinski definition) is 1. The smallest absolute Gasteiger partial charge is 0.244 e. The van der Waals surface area contributed by atoms with Crippen LogP contribution in [0.5, 0.6) is 0 Å². The Morgan fingerprint density at radius 2 is 1.52 bits per heavy atom. The lowest BCUT2D eigenvalue weighted by atomic mass is 9.99. The molecule has 40 heavy (non-hydrogen) atoms. The standard InChI is InChI=1S/C33H40N4O3/c1-24(2)21-35(23-31(34)38)32(39)20-30-22-37(29-16-14-28(15-17-29)27-12-8-5-9-13-27)33(40)25(3)36(30)19-18-26-10-6-4-7-11-26/h4-17,24-25,30H,18-23H2,1-3H3,(H2,34,38). The van der Waals surface area contributed by atoms with Gasteiger partial charge in [0.15, 0.2) is 0 Å². The Morgan fingerprint density at radius 3 is 2.12 bits per heavy atom. The number of anilines is 1. The largest absolute Gasteiger partial charge is 0.368 e. The van der Waals surface area contributed by atoms with Crippen LogP contribution in [0.25, 0.3) is 11.1 Å². The third-order valence-electron chi connectivity index (χ3n) is 7.47. The number of carbonyl (C=O) groups excluding carboxylic acids is 3. The van der Waals surface area contributed by atoms with Gasteiger partial charge in [0.25, 0.3) is 0 Å². The zero-order valence-electron chi connectivity index (χ0n) is 23.7. The number of hydrogen-bond acceptors (Lipinski definition) is 4. The Morgan fingerprint density at radius 1 is 0.925 bits per heavy atom. The molecule has 0 aliphatic carbocycles. The summed E-state index contributed by atoms with van der Waals surface area (Å²) in [6, 6.07) is 27.7. The van der Waals surface area contributed by atoms with E-state index in [1.54, 1.807) is 9.80 Å². The van der Waals surface area contributed by atoms with Crippen LogP contribution in [0.2, 0.25) is 0 Å². The molecule has 1 saturated heterocycles. The maximum absolute atomic E-state index is 13.7. The number of rotatable bonds is 11. The van der Waals surface area contributed by atoms with Gasteiger partial charge in [-0.1, -0.05) is 86.6 Å². The van der Waals surface area contributed by atoms with Gasteiger partial charge < -0.3 is 15.5 Å². The Kier molecular flexibility index (Phi) is 9.72. The second kappa shape index (κ2) is 13.4. The van der Waals surface area contributed by atoms with Crippen molar-refractivity contribution >= 4 is 23.4 Å². The van der Waals surface area contributed by atoms with Crippen LogP contribution < -0.4 is 10.6 Å². The van der Waals surface area contributed by atoms with Gasteiger partial charge >= 0.3 is 0 Å². The van der Waals surface area contributed by atoms with Crippen molar-refractivity contribution in [2.45, 2.75) is 45.7 Å². The zero-order chi connectivity index (χ0) is 28.6. The highest BCUT2D eigenvalue weighted by atomic mass is 16.2. The molecule has 1 fully saturated rings. The average molecular weight is 541 g/mol. The van der Waals surface area contributed by atoms with Gasteiger partial charge in [-0.15, -0.1) is 0 Å². The molecular weight excluding hydrogens is 500 g/mol. The monoisotopic (exact) mass is 540 g/mol. The van der Waals surface area contributed by atoms with Crippen molar-refractivity contribution in [3.63, 3.8) is 0 Å². The number of amides is 3. The maximum Gasteiger partial charge on any atom is 0.244 e. The molecule has 7 nitrogen and oxygen atoms in total. The van der Waals surface area contributed by atoms with Crippen LogP contribution in [0.3, 0.4) is 0 Å². The van der Waals surface area contributed by atoms with Crippen molar-refractivity contribution in [1.82, 2.24) is 9.80 Å². The first-order valence-electron chi connectivity index (χ1n) is 14.1. The van der Waals surface area contributed by atoms with E-state index >= 15 is 0 Å². The van der Waals surface area contributed by atoms with Crippen LogP contribution in [0.4, 0.5) is 5.69 Å². The minimum atomic E-state index is -0.526. The van der Waals surface area contributed by atoms with Crippen LogP contribution in [-0.4, -0.2) is 65.8 Å². The lowest BCUT2D eigenvalue weighted by molar-refractivity contribution is -0.138. The van der Waals surface area contributed by atoms with E-state index in [1.165, 1.54) is 5.56 Å². The summed E-state index contributed by atoms with van der Waals surface area (Å²) in [4.78, 5) is 44.5. The van der Waals surface area contributed by atoms with Gasteiger partial charge in [-0.3, -0.25) is 19.3 Å². The van der Waals surface area contributed by atoms with Crippen molar-refractivity contribution in [3.05, 3.63) is 90.5 Å². The third kappa shape index (κ3) is 7.36. The molecular formula is C33H40N4O3. The summed E-state index contributed by atoms with van der Waals surface area (Å²) >= 11 is 0. The second-order valence-corrected chi connectivity index (χ2v) is 11.0. The number of primary amides is 1. The van der Waals surface area contributed by atoms with Crippen LogP contribution in [-0.2, 0) is 20.8 Å². The molecule has 0 bridgehead atoms. The van der Waals surface area contributed by atoms with Gasteiger partial charge in [-0.2, -0.15) is 0 Å². The summed E-state index contributed by atoms with van der Waals surface area (Å²) in [5, 5.41) is 0. The van der Waals surface area contributed by atoms with E-state index in [1.807, 2.05) is 81.4 Å². The first kappa shape index (κ1) is 29.0. The molecule has 0 spiro atoms. The number of nitrogens with zero attached hydrogens (tertiary/aromatic N) is 3. The molecule has 3 aromatic rings. The lowest BCUT2D eigenvalue weighted by Gasteiger charge is -2.45. The van der Waals surface area contributed by atoms with Crippen molar-refractivity contribution in [3.8, 4) is 11.1 Å². The first-order chi connectivity index (χ1) is 19.2. The highest BCUT2D eigenvalue weighted by molar-refractivity contribution is 5.98. The van der Waals surface area contributed by atoms with Gasteiger partial charge in [-0.05, 0) is 48.1 Å². The maximum atomic E-state index is 13.7. The van der Waals surface area contributed by atoms with Crippen LogP contribution >= 0.6 is 0 Å². The molecule has 2 atom stereocenters. The molecule has 2 N–H and O–H groups in total. The van der Waals surface area contributed by atoms with Crippen LogP contribution in [0.1, 0.15) is 32.8 Å². The van der Waals surface area contributed by atoms with E-state index in [-0.39, 0.29) is 36.7 Å². The Balaban J connectivity index is 1.58. The van der Waals surface area contributed by atoms with Gasteiger partial charge in [0.2, 0.25) is 17.7 Å². The fraction of sp³-hybridized carbons (Fsp3) is 0.364. The minimum absolute atomic E-state index is 0.0143. The predicted molar refractivity (Wildman–Crippen MR) is 160 cm³/mol. The molecule has 4 rings (SSSR count). The molecule has 1 heterocycles. The highest BCUT2D eigenvalue weighted by Crippen LogP contribution is 2.28. The normalized spacial score (nSPS) is 17.7. The SMILES string of the molecule is CC(C)CN(CC(N)=O)C(=O)CC1CN(c2ccc(-c3ccccc3)cc2)C(=O)C(C)N1CCc1ccccc1. The molecule has 0 aromatic heterocycles. The fourth-order valence-corrected chi connectivity index (χ4v) is 5.46. The van der Waals surface area contributed by atoms with Crippen LogP contribution in [0, 0.1) is 5.92 Å². The number of piperazine rings is 1. The highest BCUT2D eigenvalue weighted by Gasteiger charge is 2.40. The quantitative estimate of drug-likeness (QED) is 0.392.